The third-order valence-electron chi connectivity index (χ3n) is 4.15. The first-order valence-electron chi connectivity index (χ1n) is 8.96. The highest BCUT2D eigenvalue weighted by Crippen LogP contribution is 2.32. The molecule has 0 bridgehead atoms. The van der Waals surface area contributed by atoms with E-state index in [2.05, 4.69) is 30.7 Å². The molecule has 0 spiro atoms. The summed E-state index contributed by atoms with van der Waals surface area (Å²) in [6, 6.07) is 5.26. The van der Waals surface area contributed by atoms with E-state index < -0.39 is 11.6 Å². The average Bonchev–Trinajstić information content (AvgIpc) is 3.21. The number of anilines is 3. The maximum Gasteiger partial charge on any atom is 0.573 e. The van der Waals surface area contributed by atoms with Gasteiger partial charge >= 0.3 is 6.36 Å². The molecule has 0 fully saturated rings. The number of nitrogens with one attached hydrogen (secondary N) is 2. The standard InChI is InChI=1S/C18H19F3N6O2S2/c1-9-14(10(2)27(4)26-9)23-15(28)11(3)30-17-25-24-16(31-17)22-12-5-7-13(8-6-12)29-18(19,20)21/h5-8,11H,1-4H3,(H,22,24)(H,23,28). The van der Waals surface area contributed by atoms with Crippen LogP contribution in [0.25, 0.3) is 0 Å². The molecule has 166 valence electrons. The molecule has 2 N–H and O–H groups in total. The number of rotatable bonds is 7. The van der Waals surface area contributed by atoms with Gasteiger partial charge in [-0.25, -0.2) is 0 Å². The topological polar surface area (TPSA) is 94.0 Å². The molecule has 2 heterocycles. The van der Waals surface area contributed by atoms with Crippen molar-refractivity contribution in [3.63, 3.8) is 0 Å². The molecule has 1 amide bonds. The van der Waals surface area contributed by atoms with Crippen LogP contribution in [-0.2, 0) is 11.8 Å². The number of aromatic nitrogens is 4. The summed E-state index contributed by atoms with van der Waals surface area (Å²) < 4.78 is 42.8. The lowest BCUT2D eigenvalue weighted by atomic mass is 10.3. The van der Waals surface area contributed by atoms with Crippen LogP contribution in [0.4, 0.5) is 29.7 Å². The van der Waals surface area contributed by atoms with Crippen LogP contribution in [0.2, 0.25) is 0 Å². The molecule has 13 heteroatoms. The average molecular weight is 473 g/mol. The second-order valence-corrected chi connectivity index (χ2v) is 9.05. The third-order valence-corrected chi connectivity index (χ3v) is 6.17. The molecule has 0 radical (unpaired) electrons. The number of carbonyl (C=O) groups is 1. The van der Waals surface area contributed by atoms with E-state index in [0.29, 0.717) is 20.8 Å². The van der Waals surface area contributed by atoms with Crippen molar-refractivity contribution in [1.29, 1.82) is 0 Å². The Morgan fingerprint density at radius 2 is 1.90 bits per heavy atom. The van der Waals surface area contributed by atoms with Crippen LogP contribution >= 0.6 is 23.1 Å². The fourth-order valence-corrected chi connectivity index (χ4v) is 4.47. The smallest absolute Gasteiger partial charge is 0.406 e. The van der Waals surface area contributed by atoms with Gasteiger partial charge in [-0.1, -0.05) is 23.1 Å². The van der Waals surface area contributed by atoms with Crippen molar-refractivity contribution >= 4 is 45.5 Å². The van der Waals surface area contributed by atoms with Crippen molar-refractivity contribution < 1.29 is 22.7 Å². The molecule has 1 atom stereocenters. The summed E-state index contributed by atoms with van der Waals surface area (Å²) in [5.74, 6) is -0.500. The zero-order valence-corrected chi connectivity index (χ0v) is 18.6. The lowest BCUT2D eigenvalue weighted by molar-refractivity contribution is -0.274. The Morgan fingerprint density at radius 3 is 2.48 bits per heavy atom. The molecule has 0 saturated heterocycles. The maximum absolute atomic E-state index is 12.5. The van der Waals surface area contributed by atoms with Crippen molar-refractivity contribution in [2.24, 2.45) is 7.05 Å². The van der Waals surface area contributed by atoms with Gasteiger partial charge in [-0.15, -0.1) is 23.4 Å². The summed E-state index contributed by atoms with van der Waals surface area (Å²) in [7, 11) is 1.81. The van der Waals surface area contributed by atoms with Gasteiger partial charge < -0.3 is 15.4 Å². The van der Waals surface area contributed by atoms with E-state index in [1.165, 1.54) is 47.4 Å². The molecule has 1 aromatic carbocycles. The van der Waals surface area contributed by atoms with E-state index in [4.69, 9.17) is 0 Å². The molecule has 3 aromatic rings. The van der Waals surface area contributed by atoms with Crippen molar-refractivity contribution in [2.45, 2.75) is 36.7 Å². The van der Waals surface area contributed by atoms with Crippen LogP contribution in [-0.4, -0.2) is 37.5 Å². The van der Waals surface area contributed by atoms with Gasteiger partial charge in [0.25, 0.3) is 0 Å². The molecular weight excluding hydrogens is 453 g/mol. The van der Waals surface area contributed by atoms with Gasteiger partial charge in [-0.3, -0.25) is 9.48 Å². The van der Waals surface area contributed by atoms with Gasteiger partial charge in [0.05, 0.1) is 22.3 Å². The number of benzene rings is 1. The van der Waals surface area contributed by atoms with Crippen molar-refractivity contribution in [2.75, 3.05) is 10.6 Å². The Balaban J connectivity index is 1.57. The molecule has 1 unspecified atom stereocenters. The SMILES string of the molecule is Cc1nn(C)c(C)c1NC(=O)C(C)Sc1nnc(Nc2ccc(OC(F)(F)F)cc2)s1. The summed E-state index contributed by atoms with van der Waals surface area (Å²) in [4.78, 5) is 12.5. The second-order valence-electron chi connectivity index (χ2n) is 6.49. The number of carbonyl (C=O) groups excluding carboxylic acids is 1. The summed E-state index contributed by atoms with van der Waals surface area (Å²) in [5.41, 5.74) is 2.81. The van der Waals surface area contributed by atoms with E-state index in [0.717, 1.165) is 11.4 Å². The number of halogens is 3. The fourth-order valence-electron chi connectivity index (χ4n) is 2.56. The molecule has 0 aliphatic rings. The van der Waals surface area contributed by atoms with E-state index >= 15 is 0 Å². The van der Waals surface area contributed by atoms with Crippen LogP contribution in [0.1, 0.15) is 18.3 Å². The number of amides is 1. The Morgan fingerprint density at radius 1 is 1.23 bits per heavy atom. The lowest BCUT2D eigenvalue weighted by Gasteiger charge is -2.10. The molecule has 0 saturated carbocycles. The first-order valence-corrected chi connectivity index (χ1v) is 10.7. The van der Waals surface area contributed by atoms with Crippen molar-refractivity contribution in [3.8, 4) is 5.75 Å². The lowest BCUT2D eigenvalue weighted by Crippen LogP contribution is -2.23. The number of alkyl halides is 3. The molecule has 3 rings (SSSR count). The van der Waals surface area contributed by atoms with Crippen LogP contribution in [0.15, 0.2) is 28.6 Å². The summed E-state index contributed by atoms with van der Waals surface area (Å²) in [6.07, 6.45) is -4.74. The zero-order chi connectivity index (χ0) is 22.8. The quantitative estimate of drug-likeness (QED) is 0.484. The van der Waals surface area contributed by atoms with Gasteiger partial charge in [0.15, 0.2) is 4.34 Å². The number of aryl methyl sites for hydroxylation is 2. The minimum Gasteiger partial charge on any atom is -0.406 e. The summed E-state index contributed by atoms with van der Waals surface area (Å²) in [6.45, 7) is 5.46. The first-order chi connectivity index (χ1) is 14.5. The van der Waals surface area contributed by atoms with Gasteiger partial charge in [0.2, 0.25) is 11.0 Å². The predicted octanol–water partition coefficient (Wildman–Crippen LogP) is 4.65. The molecule has 2 aromatic heterocycles. The van der Waals surface area contributed by atoms with Gasteiger partial charge in [0, 0.05) is 12.7 Å². The molecule has 0 aliphatic heterocycles. The maximum atomic E-state index is 12.5. The largest absolute Gasteiger partial charge is 0.573 e. The monoisotopic (exact) mass is 472 g/mol. The summed E-state index contributed by atoms with van der Waals surface area (Å²) in [5, 5.41) is 18.2. The number of ether oxygens (including phenoxy) is 1. The van der Waals surface area contributed by atoms with Crippen LogP contribution in [0.5, 0.6) is 5.75 Å². The number of hydrogen-bond acceptors (Lipinski definition) is 8. The van der Waals surface area contributed by atoms with Crippen LogP contribution < -0.4 is 15.4 Å². The minimum atomic E-state index is -4.74. The molecule has 8 nitrogen and oxygen atoms in total. The highest BCUT2D eigenvalue weighted by Gasteiger charge is 2.31. The summed E-state index contributed by atoms with van der Waals surface area (Å²) >= 11 is 2.48. The van der Waals surface area contributed by atoms with E-state index in [1.54, 1.807) is 11.6 Å². The van der Waals surface area contributed by atoms with Crippen molar-refractivity contribution in [1.82, 2.24) is 20.0 Å². The second kappa shape index (κ2) is 9.14. The fraction of sp³-hybridized carbons (Fsp3) is 0.333. The molecule has 0 aliphatic carbocycles. The normalized spacial score (nSPS) is 12.5. The first kappa shape index (κ1) is 22.9. The van der Waals surface area contributed by atoms with E-state index in [9.17, 15) is 18.0 Å². The Labute approximate surface area is 184 Å². The highest BCUT2D eigenvalue weighted by atomic mass is 32.2. The predicted molar refractivity (Wildman–Crippen MR) is 113 cm³/mol. The van der Waals surface area contributed by atoms with E-state index in [-0.39, 0.29) is 11.7 Å². The number of thioether (sulfide) groups is 1. The number of hydrogen-bond donors (Lipinski definition) is 2. The van der Waals surface area contributed by atoms with Crippen molar-refractivity contribution in [3.05, 3.63) is 35.7 Å². The zero-order valence-electron chi connectivity index (χ0n) is 16.9. The van der Waals surface area contributed by atoms with Gasteiger partial charge in [-0.05, 0) is 45.0 Å². The van der Waals surface area contributed by atoms with Crippen LogP contribution in [0.3, 0.4) is 0 Å². The Kier molecular flexibility index (Phi) is 6.74. The van der Waals surface area contributed by atoms with Gasteiger partial charge in [0.1, 0.15) is 5.75 Å². The number of nitrogens with zero attached hydrogens (tertiary/aromatic N) is 4. The highest BCUT2D eigenvalue weighted by molar-refractivity contribution is 8.02. The third kappa shape index (κ3) is 6.10. The Bertz CT molecular complexity index is 1070. The van der Waals surface area contributed by atoms with E-state index in [1.807, 2.05) is 20.9 Å². The molecule has 31 heavy (non-hydrogen) atoms. The van der Waals surface area contributed by atoms with Gasteiger partial charge in [-0.2, -0.15) is 5.10 Å². The minimum absolute atomic E-state index is 0.186. The Hall–Kier alpha value is -2.80. The molecular formula is C18H19F3N6O2S2. The van der Waals surface area contributed by atoms with Crippen LogP contribution in [0, 0.1) is 13.8 Å².